The summed E-state index contributed by atoms with van der Waals surface area (Å²) in [5.41, 5.74) is 13.3. The lowest BCUT2D eigenvalue weighted by Gasteiger charge is -2.31. The highest BCUT2D eigenvalue weighted by atomic mass is 15.2. The number of aliphatic imine (C=N–C) groups is 2. The van der Waals surface area contributed by atoms with Crippen LogP contribution in [0, 0.1) is 0 Å². The lowest BCUT2D eigenvalue weighted by Crippen LogP contribution is -2.34. The lowest BCUT2D eigenvalue weighted by molar-refractivity contribution is 0.674. The van der Waals surface area contributed by atoms with Crippen molar-refractivity contribution >= 4 is 11.7 Å². The van der Waals surface area contributed by atoms with Crippen LogP contribution in [0.15, 0.2) is 162 Å². The standard InChI is InChI=1S/C40H27N3/c1-3-13-26(14-4-1)37-41-38(27-15-5-2-6-16-27)43-39(42-37)28-23-24-32-31-19-9-12-22-35(31)40(36(32)25-28)33-20-10-7-17-29(33)30-18-8-11-21-34(30)40/h1-25,37H,(H,41,42,43). The molecule has 0 fully saturated rings. The third kappa shape index (κ3) is 3.42. The summed E-state index contributed by atoms with van der Waals surface area (Å²) in [5.74, 6) is 1.56. The second-order valence-corrected chi connectivity index (χ2v) is 11.4. The van der Waals surface area contributed by atoms with Crippen molar-refractivity contribution in [3.8, 4) is 22.3 Å². The highest BCUT2D eigenvalue weighted by Gasteiger charge is 2.51. The summed E-state index contributed by atoms with van der Waals surface area (Å²) < 4.78 is 0. The summed E-state index contributed by atoms with van der Waals surface area (Å²) in [6.45, 7) is 0. The molecule has 3 nitrogen and oxygen atoms in total. The van der Waals surface area contributed by atoms with Crippen LogP contribution in [0.5, 0.6) is 0 Å². The van der Waals surface area contributed by atoms with E-state index in [9.17, 15) is 0 Å². The van der Waals surface area contributed by atoms with Crippen LogP contribution in [0.2, 0.25) is 0 Å². The Kier molecular flexibility index (Phi) is 5.17. The van der Waals surface area contributed by atoms with Gasteiger partial charge in [-0.05, 0) is 56.1 Å². The minimum atomic E-state index is -0.389. The van der Waals surface area contributed by atoms with E-state index < -0.39 is 0 Å². The molecular weight excluding hydrogens is 522 g/mol. The maximum atomic E-state index is 5.13. The summed E-state index contributed by atoms with van der Waals surface area (Å²) in [5, 5.41) is 3.68. The van der Waals surface area contributed by atoms with Crippen LogP contribution in [0.25, 0.3) is 22.3 Å². The van der Waals surface area contributed by atoms with E-state index in [0.717, 1.165) is 28.4 Å². The van der Waals surface area contributed by atoms with Gasteiger partial charge in [0.05, 0.1) is 5.41 Å². The molecule has 0 bridgehead atoms. The molecule has 1 spiro atoms. The zero-order chi connectivity index (χ0) is 28.4. The normalized spacial score (nSPS) is 16.8. The number of hydrogen-bond acceptors (Lipinski definition) is 3. The predicted molar refractivity (Wildman–Crippen MR) is 175 cm³/mol. The molecule has 0 aromatic heterocycles. The largest absolute Gasteiger partial charge is 0.344 e. The van der Waals surface area contributed by atoms with E-state index in [-0.39, 0.29) is 11.6 Å². The Balaban J connectivity index is 1.27. The number of fused-ring (bicyclic) bond motifs is 10. The third-order valence-corrected chi connectivity index (χ3v) is 9.16. The van der Waals surface area contributed by atoms with Crippen molar-refractivity contribution in [2.45, 2.75) is 11.6 Å². The van der Waals surface area contributed by atoms with Gasteiger partial charge in [0.1, 0.15) is 12.0 Å². The number of nitrogens with zero attached hydrogens (tertiary/aromatic N) is 2. The van der Waals surface area contributed by atoms with Crippen molar-refractivity contribution in [3.05, 3.63) is 191 Å². The minimum absolute atomic E-state index is 0.240. The average molecular weight is 550 g/mol. The first kappa shape index (κ1) is 24.1. The molecule has 1 N–H and O–H groups in total. The Morgan fingerprint density at radius 2 is 0.977 bits per heavy atom. The van der Waals surface area contributed by atoms with Gasteiger partial charge in [-0.25, -0.2) is 9.98 Å². The Morgan fingerprint density at radius 3 is 1.58 bits per heavy atom. The number of rotatable bonds is 3. The van der Waals surface area contributed by atoms with Gasteiger partial charge < -0.3 is 5.32 Å². The molecule has 1 aliphatic heterocycles. The van der Waals surface area contributed by atoms with E-state index in [0.29, 0.717) is 0 Å². The van der Waals surface area contributed by atoms with Gasteiger partial charge in [-0.3, -0.25) is 0 Å². The molecule has 0 saturated carbocycles. The quantitative estimate of drug-likeness (QED) is 0.236. The highest BCUT2D eigenvalue weighted by molar-refractivity contribution is 6.13. The van der Waals surface area contributed by atoms with E-state index in [2.05, 4.69) is 133 Å². The summed E-state index contributed by atoms with van der Waals surface area (Å²) in [6, 6.07) is 54.3. The number of hydrogen-bond donors (Lipinski definition) is 1. The predicted octanol–water partition coefficient (Wildman–Crippen LogP) is 8.53. The fraction of sp³-hybridized carbons (Fsp3) is 0.0500. The molecule has 1 unspecified atom stereocenters. The Morgan fingerprint density at radius 1 is 0.465 bits per heavy atom. The SMILES string of the molecule is c1ccc(C2=NC(c3ccccc3)NC(c3ccc4c(c3)C3(c5ccccc5-c5ccccc53)c3ccccc3-4)=N2)cc1. The fourth-order valence-electron chi connectivity index (χ4n) is 7.36. The summed E-state index contributed by atoms with van der Waals surface area (Å²) >= 11 is 0. The first-order valence-electron chi connectivity index (χ1n) is 14.8. The van der Waals surface area contributed by atoms with Crippen molar-refractivity contribution in [3.63, 3.8) is 0 Å². The van der Waals surface area contributed by atoms with Crippen molar-refractivity contribution < 1.29 is 0 Å². The molecule has 0 saturated heterocycles. The molecule has 1 atom stereocenters. The van der Waals surface area contributed by atoms with Crippen LogP contribution >= 0.6 is 0 Å². The molecule has 0 radical (unpaired) electrons. The summed E-state index contributed by atoms with van der Waals surface area (Å²) in [4.78, 5) is 10.2. The highest BCUT2D eigenvalue weighted by Crippen LogP contribution is 2.62. The van der Waals surface area contributed by atoms with Crippen LogP contribution in [0.3, 0.4) is 0 Å². The van der Waals surface area contributed by atoms with Crippen molar-refractivity contribution in [1.82, 2.24) is 5.32 Å². The van der Waals surface area contributed by atoms with Crippen LogP contribution in [0.1, 0.15) is 45.1 Å². The van der Waals surface area contributed by atoms with E-state index in [4.69, 9.17) is 9.98 Å². The Hall–Kier alpha value is -5.54. The van der Waals surface area contributed by atoms with Gasteiger partial charge in [0.2, 0.25) is 0 Å². The molecule has 0 amide bonds. The second kappa shape index (κ2) is 9.23. The summed E-state index contributed by atoms with van der Waals surface area (Å²) in [7, 11) is 0. The van der Waals surface area contributed by atoms with E-state index >= 15 is 0 Å². The van der Waals surface area contributed by atoms with Crippen LogP contribution in [-0.4, -0.2) is 11.7 Å². The van der Waals surface area contributed by atoms with Gasteiger partial charge in [-0.15, -0.1) is 0 Å². The molecular formula is C40H27N3. The number of nitrogens with one attached hydrogen (secondary N) is 1. The lowest BCUT2D eigenvalue weighted by atomic mass is 9.70. The van der Waals surface area contributed by atoms with Crippen molar-refractivity contribution in [2.75, 3.05) is 0 Å². The molecule has 6 aromatic carbocycles. The molecule has 3 heteroatoms. The molecule has 2 aliphatic carbocycles. The molecule has 9 rings (SSSR count). The molecule has 43 heavy (non-hydrogen) atoms. The van der Waals surface area contributed by atoms with Crippen molar-refractivity contribution in [1.29, 1.82) is 0 Å². The van der Waals surface area contributed by atoms with Crippen LogP contribution < -0.4 is 5.32 Å². The van der Waals surface area contributed by atoms with Gasteiger partial charge in [0.25, 0.3) is 0 Å². The molecule has 6 aromatic rings. The number of benzene rings is 6. The fourth-order valence-corrected chi connectivity index (χ4v) is 7.36. The van der Waals surface area contributed by atoms with E-state index in [1.54, 1.807) is 0 Å². The van der Waals surface area contributed by atoms with Crippen LogP contribution in [-0.2, 0) is 5.41 Å². The van der Waals surface area contributed by atoms with Crippen molar-refractivity contribution in [2.24, 2.45) is 9.98 Å². The smallest absolute Gasteiger partial charge is 0.159 e. The Labute approximate surface area is 250 Å². The summed E-state index contributed by atoms with van der Waals surface area (Å²) in [6.07, 6.45) is -0.240. The van der Waals surface area contributed by atoms with Gasteiger partial charge >= 0.3 is 0 Å². The maximum Gasteiger partial charge on any atom is 0.159 e. The van der Waals surface area contributed by atoms with E-state index in [1.165, 1.54) is 44.5 Å². The topological polar surface area (TPSA) is 36.8 Å². The van der Waals surface area contributed by atoms with Crippen LogP contribution in [0.4, 0.5) is 0 Å². The zero-order valence-electron chi connectivity index (χ0n) is 23.4. The monoisotopic (exact) mass is 549 g/mol. The third-order valence-electron chi connectivity index (χ3n) is 9.16. The minimum Gasteiger partial charge on any atom is -0.344 e. The van der Waals surface area contributed by atoms with Gasteiger partial charge in [-0.1, -0.05) is 146 Å². The van der Waals surface area contributed by atoms with Gasteiger partial charge in [-0.2, -0.15) is 0 Å². The first-order valence-corrected chi connectivity index (χ1v) is 14.8. The van der Waals surface area contributed by atoms with Gasteiger partial charge in [0, 0.05) is 11.1 Å². The second-order valence-electron chi connectivity index (χ2n) is 11.4. The molecule has 202 valence electrons. The van der Waals surface area contributed by atoms with Gasteiger partial charge in [0.15, 0.2) is 5.84 Å². The molecule has 1 heterocycles. The zero-order valence-corrected chi connectivity index (χ0v) is 23.4. The first-order chi connectivity index (χ1) is 21.3. The molecule has 3 aliphatic rings. The maximum absolute atomic E-state index is 5.13. The number of amidine groups is 2. The Bertz CT molecular complexity index is 2040. The average Bonchev–Trinajstić information content (AvgIpc) is 3.56. The van der Waals surface area contributed by atoms with E-state index in [1.807, 2.05) is 24.3 Å².